The van der Waals surface area contributed by atoms with Crippen molar-refractivity contribution in [2.45, 2.75) is 57.2 Å². The molecule has 1 spiro atoms. The van der Waals surface area contributed by atoms with E-state index in [1.807, 2.05) is 11.8 Å². The summed E-state index contributed by atoms with van der Waals surface area (Å²) < 4.78 is 21.4. The molecule has 2 fully saturated rings. The van der Waals surface area contributed by atoms with Crippen LogP contribution in [0.5, 0.6) is 0 Å². The Balaban J connectivity index is 1.18. The maximum absolute atomic E-state index is 15.3. The summed E-state index contributed by atoms with van der Waals surface area (Å²) in [4.78, 5) is 29.5. The molecule has 6 rings (SSSR count). The van der Waals surface area contributed by atoms with E-state index in [2.05, 4.69) is 22.2 Å². The first-order valence-corrected chi connectivity index (χ1v) is 13.2. The van der Waals surface area contributed by atoms with Crippen LogP contribution < -0.4 is 21.7 Å². The van der Waals surface area contributed by atoms with Gasteiger partial charge in [-0.2, -0.15) is 0 Å². The first-order valence-electron chi connectivity index (χ1n) is 12.4. The first-order chi connectivity index (χ1) is 17.2. The zero-order chi connectivity index (χ0) is 25.2. The molecule has 1 aliphatic carbocycles. The Morgan fingerprint density at radius 2 is 2.19 bits per heavy atom. The number of aromatic nitrogens is 3. The minimum absolute atomic E-state index is 0.138. The minimum atomic E-state index is -0.433. The van der Waals surface area contributed by atoms with Crippen molar-refractivity contribution in [3.05, 3.63) is 39.9 Å². The van der Waals surface area contributed by atoms with Gasteiger partial charge in [0, 0.05) is 31.1 Å². The number of carbonyl (C=O) groups is 1. The van der Waals surface area contributed by atoms with Gasteiger partial charge in [0.15, 0.2) is 11.6 Å². The fraction of sp³-hybridized carbons (Fsp3) is 0.520. The Kier molecular flexibility index (Phi) is 5.62. The van der Waals surface area contributed by atoms with E-state index in [0.717, 1.165) is 23.4 Å². The summed E-state index contributed by atoms with van der Waals surface area (Å²) in [7, 11) is 0. The van der Waals surface area contributed by atoms with Gasteiger partial charge in [0.25, 0.3) is 5.91 Å². The summed E-state index contributed by atoms with van der Waals surface area (Å²) >= 11 is 1.24. The molecule has 3 aliphatic rings. The first kappa shape index (κ1) is 23.5. The van der Waals surface area contributed by atoms with E-state index in [9.17, 15) is 4.79 Å². The van der Waals surface area contributed by atoms with E-state index in [1.165, 1.54) is 11.3 Å². The molecule has 190 valence electrons. The van der Waals surface area contributed by atoms with E-state index >= 15 is 4.39 Å². The predicted octanol–water partition coefficient (Wildman–Crippen LogP) is 2.35. The van der Waals surface area contributed by atoms with Crippen LogP contribution in [0.3, 0.4) is 0 Å². The van der Waals surface area contributed by atoms with E-state index in [0.29, 0.717) is 71.6 Å². The van der Waals surface area contributed by atoms with Crippen molar-refractivity contribution < 1.29 is 13.9 Å². The number of halogens is 1. The van der Waals surface area contributed by atoms with Gasteiger partial charge in [-0.15, -0.1) is 11.3 Å². The molecule has 9 nitrogen and oxygen atoms in total. The Bertz CT molecular complexity index is 1360. The van der Waals surface area contributed by atoms with E-state index in [-0.39, 0.29) is 23.8 Å². The van der Waals surface area contributed by atoms with Gasteiger partial charge < -0.3 is 26.4 Å². The molecular weight excluding hydrogens is 481 g/mol. The number of rotatable bonds is 3. The minimum Gasteiger partial charge on any atom is -0.396 e. The summed E-state index contributed by atoms with van der Waals surface area (Å²) in [6.45, 7) is 5.76. The zero-order valence-corrected chi connectivity index (χ0v) is 21.2. The SMILES string of the molecule is Cc1cnc2c(N)c(C(=O)NC3CCc4nc(N5CC(N)C6(C5)OCCC6C)c(F)cc4C3)sc2n1. The molecule has 3 aromatic rings. The third kappa shape index (κ3) is 3.72. The normalized spacial score (nSPS) is 27.7. The number of carbonyl (C=O) groups excluding carboxylic acids is 1. The molecule has 1 amide bonds. The number of nitrogens with two attached hydrogens (primary N) is 2. The lowest BCUT2D eigenvalue weighted by Crippen LogP contribution is -2.50. The lowest BCUT2D eigenvalue weighted by molar-refractivity contribution is -0.0109. The van der Waals surface area contributed by atoms with Crippen molar-refractivity contribution in [1.82, 2.24) is 20.3 Å². The predicted molar refractivity (Wildman–Crippen MR) is 137 cm³/mol. The number of thiophene rings is 1. The van der Waals surface area contributed by atoms with Gasteiger partial charge in [0.2, 0.25) is 0 Å². The molecule has 2 saturated heterocycles. The van der Waals surface area contributed by atoms with Crippen molar-refractivity contribution in [3.8, 4) is 0 Å². The second-order valence-electron chi connectivity index (χ2n) is 10.3. The van der Waals surface area contributed by atoms with Crippen LogP contribution in [0.2, 0.25) is 0 Å². The Morgan fingerprint density at radius 1 is 1.36 bits per heavy atom. The number of nitrogens with zero attached hydrogens (tertiary/aromatic N) is 4. The molecule has 4 atom stereocenters. The largest absolute Gasteiger partial charge is 0.396 e. The van der Waals surface area contributed by atoms with Crippen LogP contribution in [0, 0.1) is 18.7 Å². The molecule has 5 N–H and O–H groups in total. The second-order valence-corrected chi connectivity index (χ2v) is 11.3. The fourth-order valence-corrected chi connectivity index (χ4v) is 6.88. The molecule has 2 aliphatic heterocycles. The molecule has 0 saturated carbocycles. The highest BCUT2D eigenvalue weighted by molar-refractivity contribution is 7.21. The van der Waals surface area contributed by atoms with Crippen molar-refractivity contribution in [3.63, 3.8) is 0 Å². The van der Waals surface area contributed by atoms with E-state index in [1.54, 1.807) is 12.3 Å². The number of nitrogen functional groups attached to an aromatic ring is 1. The van der Waals surface area contributed by atoms with Gasteiger partial charge >= 0.3 is 0 Å². The molecule has 5 heterocycles. The molecule has 3 aromatic heterocycles. The molecule has 4 unspecified atom stereocenters. The number of aryl methyl sites for hydroxylation is 2. The summed E-state index contributed by atoms with van der Waals surface area (Å²) in [5.74, 6) is 0.0557. The van der Waals surface area contributed by atoms with Gasteiger partial charge in [-0.1, -0.05) is 6.92 Å². The van der Waals surface area contributed by atoms with E-state index in [4.69, 9.17) is 21.2 Å². The fourth-order valence-electron chi connectivity index (χ4n) is 5.88. The summed E-state index contributed by atoms with van der Waals surface area (Å²) in [6, 6.07) is 1.25. The number of hydrogen-bond acceptors (Lipinski definition) is 9. The summed E-state index contributed by atoms with van der Waals surface area (Å²) in [5, 5.41) is 3.07. The van der Waals surface area contributed by atoms with Crippen molar-refractivity contribution >= 4 is 39.1 Å². The van der Waals surface area contributed by atoms with Crippen LogP contribution in [0.1, 0.15) is 46.4 Å². The van der Waals surface area contributed by atoms with Gasteiger partial charge in [-0.25, -0.2) is 19.3 Å². The number of fused-ring (bicyclic) bond motifs is 2. The highest BCUT2D eigenvalue weighted by atomic mass is 32.1. The number of nitrogens with one attached hydrogen (secondary N) is 1. The van der Waals surface area contributed by atoms with Gasteiger partial charge in [-0.3, -0.25) is 4.79 Å². The smallest absolute Gasteiger partial charge is 0.263 e. The van der Waals surface area contributed by atoms with Gasteiger partial charge in [0.05, 0.1) is 24.0 Å². The van der Waals surface area contributed by atoms with Crippen LogP contribution in [-0.2, 0) is 17.6 Å². The quantitative estimate of drug-likeness (QED) is 0.488. The maximum Gasteiger partial charge on any atom is 0.263 e. The molecule has 0 bridgehead atoms. The van der Waals surface area contributed by atoms with E-state index < -0.39 is 5.60 Å². The van der Waals surface area contributed by atoms with Gasteiger partial charge in [-0.05, 0) is 50.2 Å². The third-order valence-electron chi connectivity index (χ3n) is 7.96. The summed E-state index contributed by atoms with van der Waals surface area (Å²) in [6.07, 6.45) is 4.47. The number of hydrogen-bond donors (Lipinski definition) is 3. The Labute approximate surface area is 212 Å². The highest BCUT2D eigenvalue weighted by Crippen LogP contribution is 2.41. The Hall–Kier alpha value is -2.89. The van der Waals surface area contributed by atoms with Crippen LogP contribution in [0.4, 0.5) is 15.9 Å². The molecule has 11 heteroatoms. The standard InChI is InChI=1S/C25H30FN7O2S/c1-12-5-6-35-25(12)11-33(10-18(25)27)22-16(26)8-14-7-15(3-4-17(14)32-22)31-23(34)21-19(28)20-24(36-21)30-13(2)9-29-20/h8-9,12,15,18H,3-7,10-11,27-28H2,1-2H3,(H,31,34). The van der Waals surface area contributed by atoms with Crippen molar-refractivity contribution in [2.24, 2.45) is 11.7 Å². The lowest BCUT2D eigenvalue weighted by atomic mass is 9.85. The highest BCUT2D eigenvalue weighted by Gasteiger charge is 2.53. The van der Waals surface area contributed by atoms with Crippen molar-refractivity contribution in [1.29, 1.82) is 0 Å². The average Bonchev–Trinajstić information content (AvgIpc) is 3.49. The number of anilines is 2. The monoisotopic (exact) mass is 511 g/mol. The van der Waals surface area contributed by atoms with Crippen LogP contribution in [0.25, 0.3) is 10.3 Å². The second kappa shape index (κ2) is 8.60. The van der Waals surface area contributed by atoms with Crippen LogP contribution in [-0.4, -0.2) is 58.2 Å². The summed E-state index contributed by atoms with van der Waals surface area (Å²) in [5.41, 5.74) is 15.6. The molecule has 36 heavy (non-hydrogen) atoms. The van der Waals surface area contributed by atoms with Crippen LogP contribution in [0.15, 0.2) is 12.3 Å². The zero-order valence-electron chi connectivity index (χ0n) is 20.4. The lowest BCUT2D eigenvalue weighted by Gasteiger charge is -2.31. The molecule has 0 radical (unpaired) electrons. The number of ether oxygens (including phenoxy) is 1. The topological polar surface area (TPSA) is 132 Å². The third-order valence-corrected chi connectivity index (χ3v) is 9.05. The average molecular weight is 512 g/mol. The Morgan fingerprint density at radius 3 is 2.97 bits per heavy atom. The number of pyridine rings is 1. The molecular formula is C25H30FN7O2S. The van der Waals surface area contributed by atoms with Gasteiger partial charge in [0.1, 0.15) is 20.8 Å². The molecule has 0 aromatic carbocycles. The maximum atomic E-state index is 15.3. The number of amides is 1. The van der Waals surface area contributed by atoms with Crippen LogP contribution >= 0.6 is 11.3 Å². The van der Waals surface area contributed by atoms with Crippen molar-refractivity contribution in [2.75, 3.05) is 30.3 Å².